The van der Waals surface area contributed by atoms with E-state index in [0.717, 1.165) is 28.6 Å². The van der Waals surface area contributed by atoms with Crippen molar-refractivity contribution in [2.75, 3.05) is 13.6 Å². The normalized spacial score (nSPS) is 12.8. The second-order valence-electron chi connectivity index (χ2n) is 3.98. The number of ether oxygens (including phenoxy) is 1. The Morgan fingerprint density at radius 2 is 2.00 bits per heavy atom. The minimum absolute atomic E-state index is 0.137. The number of hydrogen-bond acceptors (Lipinski definition) is 5. The third-order valence-electron chi connectivity index (χ3n) is 2.36. The largest absolute Gasteiger partial charge is 0.446 e. The van der Waals surface area contributed by atoms with Crippen molar-refractivity contribution in [3.8, 4) is 6.07 Å². The molecule has 108 valence electrons. The molecule has 0 unspecified atom stereocenters. The molecule has 0 heterocycles. The van der Waals surface area contributed by atoms with E-state index in [1.807, 2.05) is 0 Å². The molecule has 0 saturated carbocycles. The molecule has 1 aromatic rings. The summed E-state index contributed by atoms with van der Waals surface area (Å²) < 4.78 is 42.3. The Bertz CT molecular complexity index is 622. The standard InChI is InChI=1S/C12H13FN2O4S/c1-9(7-14)19-12(16)8-15(2)20(17,18)11-5-3-10(13)4-6-11/h3-6,9H,8H2,1-2H3/t9-/m1/s1. The van der Waals surface area contributed by atoms with E-state index in [1.165, 1.54) is 14.0 Å². The molecule has 0 saturated heterocycles. The van der Waals surface area contributed by atoms with Gasteiger partial charge in [0.1, 0.15) is 18.4 Å². The van der Waals surface area contributed by atoms with Gasteiger partial charge in [-0.3, -0.25) is 4.79 Å². The van der Waals surface area contributed by atoms with Gasteiger partial charge in [-0.1, -0.05) is 0 Å². The summed E-state index contributed by atoms with van der Waals surface area (Å²) in [4.78, 5) is 11.3. The molecular formula is C12H13FN2O4S. The van der Waals surface area contributed by atoms with Crippen LogP contribution < -0.4 is 0 Å². The molecule has 1 aromatic carbocycles. The van der Waals surface area contributed by atoms with E-state index in [-0.39, 0.29) is 4.90 Å². The summed E-state index contributed by atoms with van der Waals surface area (Å²) in [7, 11) is -2.72. The molecule has 0 aliphatic heterocycles. The Hall–Kier alpha value is -1.98. The fraction of sp³-hybridized carbons (Fsp3) is 0.333. The maximum Gasteiger partial charge on any atom is 0.322 e. The van der Waals surface area contributed by atoms with E-state index < -0.39 is 34.5 Å². The van der Waals surface area contributed by atoms with Crippen LogP contribution in [0.4, 0.5) is 4.39 Å². The zero-order chi connectivity index (χ0) is 15.3. The Balaban J connectivity index is 2.80. The summed E-state index contributed by atoms with van der Waals surface area (Å²) in [5.74, 6) is -1.40. The van der Waals surface area contributed by atoms with E-state index in [1.54, 1.807) is 6.07 Å². The van der Waals surface area contributed by atoms with Crippen molar-refractivity contribution >= 4 is 16.0 Å². The van der Waals surface area contributed by atoms with E-state index in [2.05, 4.69) is 4.74 Å². The van der Waals surface area contributed by atoms with Crippen LogP contribution in [-0.2, 0) is 19.6 Å². The molecule has 8 heteroatoms. The number of esters is 1. The molecule has 6 nitrogen and oxygen atoms in total. The first-order valence-electron chi connectivity index (χ1n) is 5.58. The number of nitriles is 1. The lowest BCUT2D eigenvalue weighted by atomic mass is 10.4. The molecule has 0 fully saturated rings. The van der Waals surface area contributed by atoms with Gasteiger partial charge in [0.15, 0.2) is 6.10 Å². The van der Waals surface area contributed by atoms with E-state index >= 15 is 0 Å². The third-order valence-corrected chi connectivity index (χ3v) is 4.18. The summed E-state index contributed by atoms with van der Waals surface area (Å²) in [5.41, 5.74) is 0. The van der Waals surface area contributed by atoms with Crippen molar-refractivity contribution in [1.29, 1.82) is 5.26 Å². The third kappa shape index (κ3) is 4.01. The van der Waals surface area contributed by atoms with Crippen LogP contribution in [0.2, 0.25) is 0 Å². The average Bonchev–Trinajstić information content (AvgIpc) is 2.38. The number of carbonyl (C=O) groups excluding carboxylic acids is 1. The van der Waals surface area contributed by atoms with Crippen molar-refractivity contribution in [2.45, 2.75) is 17.9 Å². The maximum absolute atomic E-state index is 12.8. The second-order valence-corrected chi connectivity index (χ2v) is 6.02. The fourth-order valence-corrected chi connectivity index (χ4v) is 2.43. The summed E-state index contributed by atoms with van der Waals surface area (Å²) in [5, 5.41) is 8.49. The Labute approximate surface area is 116 Å². The predicted octanol–water partition coefficient (Wildman–Crippen LogP) is 0.901. The highest BCUT2D eigenvalue weighted by Crippen LogP contribution is 2.14. The Morgan fingerprint density at radius 3 is 2.50 bits per heavy atom. The number of nitrogens with zero attached hydrogens (tertiary/aromatic N) is 2. The number of hydrogen-bond donors (Lipinski definition) is 0. The first-order chi connectivity index (χ1) is 9.27. The highest BCUT2D eigenvalue weighted by Gasteiger charge is 2.24. The van der Waals surface area contributed by atoms with Crippen molar-refractivity contribution in [2.24, 2.45) is 0 Å². The molecule has 0 aliphatic rings. The Kier molecular flexibility index (Phi) is 5.19. The minimum atomic E-state index is -3.91. The highest BCUT2D eigenvalue weighted by molar-refractivity contribution is 7.89. The monoisotopic (exact) mass is 300 g/mol. The topological polar surface area (TPSA) is 87.5 Å². The van der Waals surface area contributed by atoms with Crippen LogP contribution in [0.5, 0.6) is 0 Å². The zero-order valence-corrected chi connectivity index (χ0v) is 11.7. The Morgan fingerprint density at radius 1 is 1.45 bits per heavy atom. The average molecular weight is 300 g/mol. The molecule has 1 rings (SSSR count). The van der Waals surface area contributed by atoms with Crippen molar-refractivity contribution in [3.05, 3.63) is 30.1 Å². The van der Waals surface area contributed by atoms with Gasteiger partial charge in [-0.25, -0.2) is 12.8 Å². The van der Waals surface area contributed by atoms with Crippen LogP contribution in [0.3, 0.4) is 0 Å². The van der Waals surface area contributed by atoms with Crippen LogP contribution in [0, 0.1) is 17.1 Å². The van der Waals surface area contributed by atoms with Gasteiger partial charge >= 0.3 is 5.97 Å². The molecular weight excluding hydrogens is 287 g/mol. The lowest BCUT2D eigenvalue weighted by molar-refractivity contribution is -0.145. The van der Waals surface area contributed by atoms with Crippen LogP contribution in [0.15, 0.2) is 29.2 Å². The zero-order valence-electron chi connectivity index (χ0n) is 10.9. The van der Waals surface area contributed by atoms with Gasteiger partial charge in [-0.05, 0) is 31.2 Å². The number of carbonyl (C=O) groups is 1. The van der Waals surface area contributed by atoms with Crippen molar-refractivity contribution in [1.82, 2.24) is 4.31 Å². The second kappa shape index (κ2) is 6.45. The first kappa shape index (κ1) is 16.1. The number of halogens is 1. The smallest absolute Gasteiger partial charge is 0.322 e. The van der Waals surface area contributed by atoms with Gasteiger partial charge in [-0.15, -0.1) is 0 Å². The minimum Gasteiger partial charge on any atom is -0.446 e. The summed E-state index contributed by atoms with van der Waals surface area (Å²) in [6, 6.07) is 5.92. The predicted molar refractivity (Wildman–Crippen MR) is 67.4 cm³/mol. The number of benzene rings is 1. The molecule has 0 N–H and O–H groups in total. The number of likely N-dealkylation sites (N-methyl/N-ethyl adjacent to an activating group) is 1. The van der Waals surface area contributed by atoms with Gasteiger partial charge in [0.05, 0.1) is 4.90 Å². The van der Waals surface area contributed by atoms with Crippen molar-refractivity contribution < 1.29 is 22.3 Å². The molecule has 0 spiro atoms. The van der Waals surface area contributed by atoms with Gasteiger partial charge in [0.2, 0.25) is 10.0 Å². The molecule has 0 amide bonds. The summed E-state index contributed by atoms with van der Waals surface area (Å²) in [6.45, 7) is 0.831. The van der Waals surface area contributed by atoms with Gasteiger partial charge in [0, 0.05) is 7.05 Å². The molecule has 0 aromatic heterocycles. The number of rotatable bonds is 5. The first-order valence-corrected chi connectivity index (χ1v) is 7.02. The van der Waals surface area contributed by atoms with E-state index in [9.17, 15) is 17.6 Å². The van der Waals surface area contributed by atoms with Crippen LogP contribution in [-0.4, -0.2) is 38.4 Å². The molecule has 20 heavy (non-hydrogen) atoms. The molecule has 0 aliphatic carbocycles. The lowest BCUT2D eigenvalue weighted by Gasteiger charge is -2.16. The van der Waals surface area contributed by atoms with Crippen LogP contribution in [0.25, 0.3) is 0 Å². The quantitative estimate of drug-likeness (QED) is 0.754. The summed E-state index contributed by atoms with van der Waals surface area (Å²) in [6.07, 6.45) is -0.954. The van der Waals surface area contributed by atoms with E-state index in [0.29, 0.717) is 0 Å². The fourth-order valence-electron chi connectivity index (χ4n) is 1.31. The molecule has 0 bridgehead atoms. The molecule has 0 radical (unpaired) electrons. The van der Waals surface area contributed by atoms with Crippen molar-refractivity contribution in [3.63, 3.8) is 0 Å². The number of sulfonamides is 1. The van der Waals surface area contributed by atoms with Crippen LogP contribution in [0.1, 0.15) is 6.92 Å². The highest BCUT2D eigenvalue weighted by atomic mass is 32.2. The SMILES string of the molecule is C[C@H](C#N)OC(=O)CN(C)S(=O)(=O)c1ccc(F)cc1. The van der Waals surface area contributed by atoms with Gasteiger partial charge in [0.25, 0.3) is 0 Å². The maximum atomic E-state index is 12.8. The lowest BCUT2D eigenvalue weighted by Crippen LogP contribution is -2.34. The van der Waals surface area contributed by atoms with Gasteiger partial charge < -0.3 is 4.74 Å². The summed E-state index contributed by atoms with van der Waals surface area (Å²) >= 11 is 0. The van der Waals surface area contributed by atoms with Crippen LogP contribution >= 0.6 is 0 Å². The molecule has 1 atom stereocenters. The van der Waals surface area contributed by atoms with Gasteiger partial charge in [-0.2, -0.15) is 9.57 Å². The van der Waals surface area contributed by atoms with E-state index in [4.69, 9.17) is 5.26 Å².